The third-order valence-corrected chi connectivity index (χ3v) is 9.13. The molecule has 2 aromatic rings. The molecule has 1 amide bonds. The van der Waals surface area contributed by atoms with Crippen LogP contribution in [0.15, 0.2) is 64.6 Å². The Labute approximate surface area is 260 Å². The van der Waals surface area contributed by atoms with Gasteiger partial charge < -0.3 is 35.6 Å². The largest absolute Gasteiger partial charge is 0.498 e. The smallest absolute Gasteiger partial charge is 0.421 e. The number of H-pyrrole nitrogens is 1. The number of aliphatic hydroxyl groups is 1. The van der Waals surface area contributed by atoms with Crippen molar-refractivity contribution in [3.05, 3.63) is 70.1 Å². The zero-order chi connectivity index (χ0) is 33.2. The fourth-order valence-electron chi connectivity index (χ4n) is 5.25. The number of likely N-dealkylation sites (N-methyl/N-ethyl adjacent to an activating group) is 1. The molecule has 0 saturated carbocycles. The Hall–Kier alpha value is -3.73. The highest BCUT2D eigenvalue weighted by Gasteiger charge is 2.53. The molecule has 244 valence electrons. The lowest BCUT2D eigenvalue weighted by molar-refractivity contribution is -0.137. The van der Waals surface area contributed by atoms with E-state index in [4.69, 9.17) is 16.3 Å². The third-order valence-electron chi connectivity index (χ3n) is 7.39. The van der Waals surface area contributed by atoms with E-state index in [1.165, 1.54) is 44.8 Å². The number of aromatic nitrogens is 4. The van der Waals surface area contributed by atoms with Gasteiger partial charge in [-0.1, -0.05) is 23.3 Å². The highest BCUT2D eigenvalue weighted by atomic mass is 35.5. The second-order valence-electron chi connectivity index (χ2n) is 10.3. The minimum absolute atomic E-state index is 0.0155. The molecule has 0 aromatic carbocycles. The van der Waals surface area contributed by atoms with E-state index in [0.717, 1.165) is 0 Å². The van der Waals surface area contributed by atoms with Gasteiger partial charge in [-0.2, -0.15) is 23.3 Å². The van der Waals surface area contributed by atoms with Gasteiger partial charge in [0.25, 0.3) is 0 Å². The van der Waals surface area contributed by atoms with Gasteiger partial charge in [-0.05, 0) is 19.1 Å². The van der Waals surface area contributed by atoms with E-state index in [2.05, 4.69) is 36.1 Å². The van der Waals surface area contributed by atoms with Crippen molar-refractivity contribution in [3.63, 3.8) is 0 Å². The highest BCUT2D eigenvalue weighted by molar-refractivity contribution is 7.54. The maximum Gasteiger partial charge on any atom is 0.421 e. The molecular weight excluding hydrogens is 644 g/mol. The lowest BCUT2D eigenvalue weighted by Crippen LogP contribution is -2.56. The van der Waals surface area contributed by atoms with Crippen molar-refractivity contribution in [2.24, 2.45) is 0 Å². The molecule has 14 nitrogen and oxygen atoms in total. The van der Waals surface area contributed by atoms with Crippen LogP contribution in [0, 0.1) is 0 Å². The Balaban J connectivity index is 1.92. The lowest BCUT2D eigenvalue weighted by Gasteiger charge is -2.40. The van der Waals surface area contributed by atoms with Crippen molar-refractivity contribution in [2.45, 2.75) is 31.2 Å². The summed E-state index contributed by atoms with van der Waals surface area (Å²) in [4.78, 5) is 41.9. The second kappa shape index (κ2) is 12.9. The second-order valence-corrected chi connectivity index (χ2v) is 12.6. The third kappa shape index (κ3) is 6.64. The zero-order valence-electron chi connectivity index (χ0n) is 24.3. The summed E-state index contributed by atoms with van der Waals surface area (Å²) in [5.74, 6) is -2.25. The zero-order valence-corrected chi connectivity index (χ0v) is 26.0. The molecule has 7 N–H and O–H groups in total. The average Bonchev–Trinajstić information content (AvgIpc) is 3.51. The van der Waals surface area contributed by atoms with Gasteiger partial charge in [-0.25, -0.2) is 9.47 Å². The number of aliphatic hydroxyl groups excluding tert-OH is 1. The molecule has 1 aliphatic carbocycles. The number of methoxy groups -OCH3 is 1. The number of ether oxygens (including phenoxy) is 1. The number of allylic oxidation sites excluding steroid dienone is 3. The van der Waals surface area contributed by atoms with Crippen LogP contribution in [0.2, 0.25) is 0 Å². The number of rotatable bonds is 11. The fourth-order valence-corrected chi connectivity index (χ4v) is 6.59. The van der Waals surface area contributed by atoms with Crippen LogP contribution in [-0.2, 0) is 20.3 Å². The maximum atomic E-state index is 14.3. The van der Waals surface area contributed by atoms with Crippen LogP contribution in [-0.4, -0.2) is 80.1 Å². The van der Waals surface area contributed by atoms with E-state index in [0.29, 0.717) is 17.5 Å². The van der Waals surface area contributed by atoms with Gasteiger partial charge in [0.2, 0.25) is 16.9 Å². The van der Waals surface area contributed by atoms with Crippen molar-refractivity contribution in [1.82, 2.24) is 30.0 Å². The van der Waals surface area contributed by atoms with E-state index in [-0.39, 0.29) is 59.2 Å². The highest BCUT2D eigenvalue weighted by Crippen LogP contribution is 2.58. The van der Waals surface area contributed by atoms with Gasteiger partial charge in [0.1, 0.15) is 35.6 Å². The van der Waals surface area contributed by atoms with Crippen molar-refractivity contribution in [1.29, 1.82) is 0 Å². The predicted octanol–water partition coefficient (Wildman–Crippen LogP) is 3.28. The number of quaternary nitrogens is 1. The molecule has 0 bridgehead atoms. The first kappa shape index (κ1) is 34.1. The van der Waals surface area contributed by atoms with Gasteiger partial charge in [0.15, 0.2) is 5.69 Å². The molecule has 0 saturated heterocycles. The van der Waals surface area contributed by atoms with Gasteiger partial charge in [0.05, 0.1) is 24.9 Å². The molecule has 2 unspecified atom stereocenters. The molecule has 2 aromatic heterocycles. The van der Waals surface area contributed by atoms with Gasteiger partial charge in [-0.3, -0.25) is 14.5 Å². The average molecular weight is 676 g/mol. The number of nitrogens with one attached hydrogen (secondary N) is 4. The molecule has 0 spiro atoms. The predicted molar refractivity (Wildman–Crippen MR) is 159 cm³/mol. The number of hydrogen-bond acceptors (Lipinski definition) is 9. The summed E-state index contributed by atoms with van der Waals surface area (Å²) in [7, 11) is -2.57. The minimum Gasteiger partial charge on any atom is -0.498 e. The monoisotopic (exact) mass is 675 g/mol. The summed E-state index contributed by atoms with van der Waals surface area (Å²) in [5.41, 5.74) is -0.462. The Kier molecular flexibility index (Phi) is 9.82. The Morgan fingerprint density at radius 2 is 2.02 bits per heavy atom. The van der Waals surface area contributed by atoms with E-state index in [9.17, 15) is 37.4 Å². The normalized spacial score (nSPS) is 22.3. The molecule has 3 heterocycles. The standard InChI is InChI=1S/C26H31ClF3N8O6P/c1-15-5-6-25(45(41,42)43,20(9-15)44-3)37-24-32-13-18(26(28,29)30)22(36-24)35-19-10-16(27)14-38(7-4-8-39,17-11-33-34-12-17)21(19)23(40)31-2/h5,9-13,39H,4,6-8,14H2,1-3H3,(H5-,31,32,33,34,35,36,37,40,41,42,43)/p+1. The van der Waals surface area contributed by atoms with Crippen LogP contribution in [0.25, 0.3) is 0 Å². The lowest BCUT2D eigenvalue weighted by atomic mass is 10.0. The van der Waals surface area contributed by atoms with Crippen LogP contribution in [0.1, 0.15) is 25.3 Å². The van der Waals surface area contributed by atoms with Crippen molar-refractivity contribution in [2.75, 3.05) is 44.5 Å². The van der Waals surface area contributed by atoms with Crippen LogP contribution in [0.3, 0.4) is 0 Å². The molecule has 0 fully saturated rings. The number of carbonyl (C=O) groups excluding carboxylic acids is 1. The SMILES string of the molecule is CNC(=O)C1=C(Nc2nc(NC3(P(=O)(O)O)CC=C(C)C=C3OC)ncc2C(F)(F)F)C=C(Cl)C[N+]1(CCCO)c1cn[nH]c1. The van der Waals surface area contributed by atoms with Crippen LogP contribution < -0.4 is 20.4 Å². The number of aromatic amines is 1. The van der Waals surface area contributed by atoms with Crippen LogP contribution >= 0.6 is 19.2 Å². The van der Waals surface area contributed by atoms with Crippen LogP contribution in [0.4, 0.5) is 30.6 Å². The summed E-state index contributed by atoms with van der Waals surface area (Å²) in [6.07, 6.45) is 2.47. The van der Waals surface area contributed by atoms with Crippen molar-refractivity contribution in [3.8, 4) is 0 Å². The summed E-state index contributed by atoms with van der Waals surface area (Å²) >= 11 is 6.54. The molecule has 1 aliphatic heterocycles. The topological polar surface area (TPSA) is 195 Å². The van der Waals surface area contributed by atoms with Crippen LogP contribution in [0.5, 0.6) is 0 Å². The Morgan fingerprint density at radius 3 is 2.60 bits per heavy atom. The van der Waals surface area contributed by atoms with Gasteiger partial charge in [-0.15, -0.1) is 0 Å². The van der Waals surface area contributed by atoms with E-state index in [1.54, 1.807) is 6.92 Å². The molecule has 19 heteroatoms. The van der Waals surface area contributed by atoms with E-state index >= 15 is 0 Å². The summed E-state index contributed by atoms with van der Waals surface area (Å²) in [6.45, 7) is 1.56. The Bertz CT molecular complexity index is 1620. The first-order chi connectivity index (χ1) is 21.1. The first-order valence-corrected chi connectivity index (χ1v) is 15.4. The molecule has 4 rings (SSSR count). The van der Waals surface area contributed by atoms with Crippen molar-refractivity contribution < 1.29 is 42.2 Å². The maximum absolute atomic E-state index is 14.3. The Morgan fingerprint density at radius 1 is 1.29 bits per heavy atom. The number of carbonyl (C=O) groups is 1. The van der Waals surface area contributed by atoms with Gasteiger partial charge in [0, 0.05) is 32.7 Å². The number of hydrogen-bond donors (Lipinski definition) is 7. The number of anilines is 2. The molecule has 0 radical (unpaired) electrons. The summed E-state index contributed by atoms with van der Waals surface area (Å²) in [5, 5.41) is 21.8. The fraction of sp³-hybridized carbons (Fsp3) is 0.385. The quantitative estimate of drug-likeness (QED) is 0.136. The van der Waals surface area contributed by atoms with Crippen molar-refractivity contribution >= 4 is 42.6 Å². The molecule has 45 heavy (non-hydrogen) atoms. The minimum atomic E-state index is -5.12. The number of alkyl halides is 3. The van der Waals surface area contributed by atoms with E-state index in [1.807, 2.05) is 0 Å². The van der Waals surface area contributed by atoms with E-state index < -0.39 is 42.3 Å². The number of halogens is 4. The molecule has 2 aliphatic rings. The molecular formula is C26H32ClF3N8O6P+. The number of nitrogens with zero attached hydrogens (tertiary/aromatic N) is 4. The summed E-state index contributed by atoms with van der Waals surface area (Å²) in [6, 6.07) is 0. The molecule has 2 atom stereocenters. The summed E-state index contributed by atoms with van der Waals surface area (Å²) < 4.78 is 60.6. The van der Waals surface area contributed by atoms with Gasteiger partial charge >= 0.3 is 19.7 Å². The number of amides is 1. The first-order valence-electron chi connectivity index (χ1n) is 13.4.